The minimum absolute atomic E-state index is 0.0772. The third-order valence-electron chi connectivity index (χ3n) is 4.97. The zero-order chi connectivity index (χ0) is 20.1. The SMILES string of the molecule is CN(C)c1cccc(CNC(=O)c2ccc3c(c2)S(=O)(=O)N(C2CC2)C3=O)c1. The molecule has 1 fully saturated rings. The van der Waals surface area contributed by atoms with Crippen molar-refractivity contribution in [3.05, 3.63) is 59.2 Å². The van der Waals surface area contributed by atoms with Crippen LogP contribution in [0.3, 0.4) is 0 Å². The van der Waals surface area contributed by atoms with Crippen LogP contribution < -0.4 is 10.2 Å². The van der Waals surface area contributed by atoms with Crippen LogP contribution in [-0.2, 0) is 16.6 Å². The van der Waals surface area contributed by atoms with Crippen LogP contribution in [0.4, 0.5) is 5.69 Å². The molecule has 0 atom stereocenters. The second kappa shape index (κ2) is 6.63. The second-order valence-corrected chi connectivity index (χ2v) is 9.08. The number of nitrogens with zero attached hydrogens (tertiary/aromatic N) is 2. The summed E-state index contributed by atoms with van der Waals surface area (Å²) in [6.07, 6.45) is 1.39. The number of hydrogen-bond donors (Lipinski definition) is 1. The molecule has 1 aliphatic heterocycles. The van der Waals surface area contributed by atoms with Gasteiger partial charge in [0.1, 0.15) is 4.90 Å². The molecule has 0 bridgehead atoms. The number of anilines is 1. The minimum atomic E-state index is -3.87. The van der Waals surface area contributed by atoms with Gasteiger partial charge < -0.3 is 10.2 Å². The summed E-state index contributed by atoms with van der Waals surface area (Å²) in [4.78, 5) is 26.9. The number of fused-ring (bicyclic) bond motifs is 1. The summed E-state index contributed by atoms with van der Waals surface area (Å²) in [7, 11) is 0.00643. The van der Waals surface area contributed by atoms with Gasteiger partial charge in [0, 0.05) is 37.9 Å². The number of carbonyl (C=O) groups excluding carboxylic acids is 2. The Morgan fingerprint density at radius 1 is 1.18 bits per heavy atom. The van der Waals surface area contributed by atoms with E-state index in [4.69, 9.17) is 0 Å². The van der Waals surface area contributed by atoms with E-state index < -0.39 is 15.9 Å². The molecule has 2 amide bonds. The van der Waals surface area contributed by atoms with Gasteiger partial charge in [-0.3, -0.25) is 9.59 Å². The predicted octanol–water partition coefficient (Wildman–Crippen LogP) is 1.99. The van der Waals surface area contributed by atoms with Crippen LogP contribution in [0.15, 0.2) is 47.4 Å². The lowest BCUT2D eigenvalue weighted by molar-refractivity contribution is 0.0863. The Morgan fingerprint density at radius 2 is 1.93 bits per heavy atom. The summed E-state index contributed by atoms with van der Waals surface area (Å²) in [6, 6.07) is 11.7. The van der Waals surface area contributed by atoms with Crippen molar-refractivity contribution in [1.29, 1.82) is 0 Å². The van der Waals surface area contributed by atoms with E-state index in [9.17, 15) is 18.0 Å². The fraction of sp³-hybridized carbons (Fsp3) is 0.300. The van der Waals surface area contributed by atoms with Crippen molar-refractivity contribution >= 4 is 27.5 Å². The Balaban J connectivity index is 1.53. The Hall–Kier alpha value is -2.87. The first-order chi connectivity index (χ1) is 13.3. The van der Waals surface area contributed by atoms with Gasteiger partial charge in [-0.2, -0.15) is 0 Å². The molecule has 0 saturated heterocycles. The van der Waals surface area contributed by atoms with Gasteiger partial charge in [0.15, 0.2) is 0 Å². The zero-order valence-corrected chi connectivity index (χ0v) is 16.5. The molecule has 28 heavy (non-hydrogen) atoms. The van der Waals surface area contributed by atoms with E-state index >= 15 is 0 Å². The summed E-state index contributed by atoms with van der Waals surface area (Å²) in [6.45, 7) is 0.317. The molecule has 1 N–H and O–H groups in total. The summed E-state index contributed by atoms with van der Waals surface area (Å²) in [5.41, 5.74) is 2.32. The van der Waals surface area contributed by atoms with E-state index in [1.807, 2.05) is 43.3 Å². The molecule has 2 aromatic carbocycles. The maximum Gasteiger partial charge on any atom is 0.269 e. The van der Waals surface area contributed by atoms with E-state index in [1.54, 1.807) is 0 Å². The summed E-state index contributed by atoms with van der Waals surface area (Å²) in [5, 5.41) is 2.81. The number of carbonyl (C=O) groups is 2. The van der Waals surface area contributed by atoms with Crippen LogP contribution in [0.2, 0.25) is 0 Å². The average Bonchev–Trinajstić information content (AvgIpc) is 3.47. The third-order valence-corrected chi connectivity index (χ3v) is 6.85. The fourth-order valence-electron chi connectivity index (χ4n) is 3.29. The Kier molecular flexibility index (Phi) is 4.38. The molecule has 8 heteroatoms. The largest absolute Gasteiger partial charge is 0.378 e. The zero-order valence-electron chi connectivity index (χ0n) is 15.7. The van der Waals surface area contributed by atoms with Crippen LogP contribution >= 0.6 is 0 Å². The molecule has 1 aliphatic carbocycles. The average molecular weight is 399 g/mol. The minimum Gasteiger partial charge on any atom is -0.378 e. The van der Waals surface area contributed by atoms with E-state index in [2.05, 4.69) is 5.32 Å². The molecular formula is C20H21N3O4S. The van der Waals surface area contributed by atoms with E-state index in [1.165, 1.54) is 18.2 Å². The van der Waals surface area contributed by atoms with Crippen molar-refractivity contribution in [1.82, 2.24) is 9.62 Å². The van der Waals surface area contributed by atoms with E-state index in [0.29, 0.717) is 19.4 Å². The van der Waals surface area contributed by atoms with Gasteiger partial charge in [0.05, 0.1) is 5.56 Å². The summed E-state index contributed by atoms with van der Waals surface area (Å²) >= 11 is 0. The molecule has 0 radical (unpaired) electrons. The van der Waals surface area contributed by atoms with Crippen molar-refractivity contribution in [2.24, 2.45) is 0 Å². The fourth-order valence-corrected chi connectivity index (χ4v) is 5.13. The number of hydrogen-bond acceptors (Lipinski definition) is 5. The highest BCUT2D eigenvalue weighted by molar-refractivity contribution is 7.90. The van der Waals surface area contributed by atoms with Crippen molar-refractivity contribution in [3.63, 3.8) is 0 Å². The van der Waals surface area contributed by atoms with Gasteiger partial charge in [-0.05, 0) is 48.7 Å². The molecular weight excluding hydrogens is 378 g/mol. The first-order valence-electron chi connectivity index (χ1n) is 9.06. The van der Waals surface area contributed by atoms with E-state index in [-0.39, 0.29) is 28.0 Å². The summed E-state index contributed by atoms with van der Waals surface area (Å²) in [5.74, 6) is -0.879. The van der Waals surface area contributed by atoms with Crippen molar-refractivity contribution in [2.45, 2.75) is 30.3 Å². The van der Waals surface area contributed by atoms with Gasteiger partial charge in [-0.1, -0.05) is 12.1 Å². The second-order valence-electron chi connectivity index (χ2n) is 7.30. The number of nitrogens with one attached hydrogen (secondary N) is 1. The van der Waals surface area contributed by atoms with Gasteiger partial charge >= 0.3 is 0 Å². The quantitative estimate of drug-likeness (QED) is 0.831. The maximum atomic E-state index is 12.7. The number of benzene rings is 2. The number of sulfonamides is 1. The lowest BCUT2D eigenvalue weighted by Crippen LogP contribution is -2.32. The van der Waals surface area contributed by atoms with Crippen molar-refractivity contribution < 1.29 is 18.0 Å². The molecule has 7 nitrogen and oxygen atoms in total. The maximum absolute atomic E-state index is 12.7. The molecule has 0 spiro atoms. The topological polar surface area (TPSA) is 86.8 Å². The highest BCUT2D eigenvalue weighted by Gasteiger charge is 2.48. The van der Waals surface area contributed by atoms with Gasteiger partial charge in [0.2, 0.25) is 0 Å². The lowest BCUT2D eigenvalue weighted by atomic mass is 10.1. The van der Waals surface area contributed by atoms with Crippen molar-refractivity contribution in [3.8, 4) is 0 Å². The van der Waals surface area contributed by atoms with Gasteiger partial charge in [-0.25, -0.2) is 12.7 Å². The lowest BCUT2D eigenvalue weighted by Gasteiger charge is -2.14. The normalized spacial score (nSPS) is 17.4. The van der Waals surface area contributed by atoms with E-state index in [0.717, 1.165) is 15.6 Å². The molecule has 2 aromatic rings. The van der Waals surface area contributed by atoms with Crippen LogP contribution in [-0.4, -0.2) is 44.7 Å². The third kappa shape index (κ3) is 3.13. The van der Waals surface area contributed by atoms with Crippen molar-refractivity contribution in [2.75, 3.05) is 19.0 Å². The molecule has 0 unspecified atom stereocenters. The highest BCUT2D eigenvalue weighted by Crippen LogP contribution is 2.39. The van der Waals surface area contributed by atoms with Crippen LogP contribution in [0.1, 0.15) is 39.1 Å². The Labute approximate surface area is 164 Å². The Morgan fingerprint density at radius 3 is 2.61 bits per heavy atom. The number of rotatable bonds is 5. The van der Waals surface area contributed by atoms with Crippen LogP contribution in [0.5, 0.6) is 0 Å². The first kappa shape index (κ1) is 18.5. The molecule has 1 heterocycles. The van der Waals surface area contributed by atoms with Gasteiger partial charge in [0.25, 0.3) is 21.8 Å². The van der Waals surface area contributed by atoms with Crippen LogP contribution in [0, 0.1) is 0 Å². The van der Waals surface area contributed by atoms with Gasteiger partial charge in [-0.15, -0.1) is 0 Å². The molecule has 146 valence electrons. The molecule has 4 rings (SSSR count). The number of amides is 2. The standard InChI is InChI=1S/C20H21N3O4S/c1-22(2)16-5-3-4-13(10-16)12-21-19(24)14-6-9-17-18(11-14)28(26,27)23(20(17)25)15-7-8-15/h3-6,9-11,15H,7-8,12H2,1-2H3,(H,21,24). The summed E-state index contributed by atoms with van der Waals surface area (Å²) < 4.78 is 26.4. The Bertz CT molecular complexity index is 1070. The molecule has 1 saturated carbocycles. The molecule has 2 aliphatic rings. The highest BCUT2D eigenvalue weighted by atomic mass is 32.2. The first-order valence-corrected chi connectivity index (χ1v) is 10.5. The van der Waals surface area contributed by atoms with Crippen LogP contribution in [0.25, 0.3) is 0 Å². The predicted molar refractivity (Wildman–Crippen MR) is 105 cm³/mol. The molecule has 0 aromatic heterocycles. The smallest absolute Gasteiger partial charge is 0.269 e. The monoisotopic (exact) mass is 399 g/mol.